The molecule has 2 aromatic carbocycles. The Balaban J connectivity index is 1.76. The summed E-state index contributed by atoms with van der Waals surface area (Å²) in [5.74, 6) is -0.0868. The summed E-state index contributed by atoms with van der Waals surface area (Å²) >= 11 is 0. The normalized spacial score (nSPS) is 14.8. The van der Waals surface area contributed by atoms with E-state index in [-0.39, 0.29) is 11.4 Å². The number of amides is 1. The maximum absolute atomic E-state index is 12.7. The minimum absolute atomic E-state index is 0.0868. The maximum Gasteiger partial charge on any atom is 0.251 e. The molecule has 0 atom stereocenters. The minimum atomic E-state index is -0.136. The van der Waals surface area contributed by atoms with E-state index in [4.69, 9.17) is 11.1 Å². The van der Waals surface area contributed by atoms with Crippen LogP contribution in [0.1, 0.15) is 53.2 Å². The fraction of sp³-hybridized carbons (Fsp3) is 0.333. The Hall–Kier alpha value is -2.62. The van der Waals surface area contributed by atoms with Crippen LogP contribution in [0.4, 0.5) is 5.69 Å². The number of anilines is 1. The fourth-order valence-corrected chi connectivity index (χ4v) is 3.13. The third-order valence-electron chi connectivity index (χ3n) is 5.02. The maximum atomic E-state index is 12.7. The lowest BCUT2D eigenvalue weighted by atomic mass is 9.98. The highest BCUT2D eigenvalue weighted by molar-refractivity contribution is 6.05. The van der Waals surface area contributed by atoms with Crippen molar-refractivity contribution in [3.05, 3.63) is 64.7 Å². The van der Waals surface area contributed by atoms with Gasteiger partial charge in [0.05, 0.1) is 0 Å². The summed E-state index contributed by atoms with van der Waals surface area (Å²) in [6, 6.07) is 13.5. The molecule has 0 bridgehead atoms. The van der Waals surface area contributed by atoms with E-state index in [9.17, 15) is 4.79 Å². The number of carbonyl (C=O) groups excluding carboxylic acids is 1. The number of nitrogens with one attached hydrogen (secondary N) is 2. The lowest BCUT2D eigenvalue weighted by Crippen LogP contribution is -2.38. The monoisotopic (exact) mass is 335 g/mol. The van der Waals surface area contributed by atoms with Crippen LogP contribution >= 0.6 is 0 Å². The van der Waals surface area contributed by atoms with Crippen molar-refractivity contribution in [1.82, 2.24) is 5.32 Å². The van der Waals surface area contributed by atoms with Crippen LogP contribution in [0, 0.1) is 12.3 Å². The van der Waals surface area contributed by atoms with Crippen LogP contribution in [-0.2, 0) is 6.42 Å². The summed E-state index contributed by atoms with van der Waals surface area (Å²) in [5.41, 5.74) is 10.6. The lowest BCUT2D eigenvalue weighted by molar-refractivity contribution is 0.0931. The van der Waals surface area contributed by atoms with Gasteiger partial charge >= 0.3 is 0 Å². The molecular formula is C21H25N3O. The zero-order chi connectivity index (χ0) is 18.0. The zero-order valence-corrected chi connectivity index (χ0v) is 14.9. The molecule has 1 amide bonds. The number of benzene rings is 2. The van der Waals surface area contributed by atoms with Crippen LogP contribution in [-0.4, -0.2) is 17.2 Å². The Morgan fingerprint density at radius 2 is 1.96 bits per heavy atom. The highest BCUT2D eigenvalue weighted by atomic mass is 16.1. The van der Waals surface area contributed by atoms with Gasteiger partial charge in [0.15, 0.2) is 0 Å². The van der Waals surface area contributed by atoms with Gasteiger partial charge in [-0.05, 0) is 61.9 Å². The standard InChI is InChI=1S/C21H25N3O/c1-3-18(22)17-12-15(8-9-19(17)23)20(25)24-21(10-11-21)13-16-7-5-4-6-14(16)2/h4-9,12,22H,3,10-11,13,23H2,1-2H3,(H,24,25). The van der Waals surface area contributed by atoms with Crippen LogP contribution in [0.5, 0.6) is 0 Å². The predicted molar refractivity (Wildman–Crippen MR) is 102 cm³/mol. The first-order valence-corrected chi connectivity index (χ1v) is 8.78. The second-order valence-corrected chi connectivity index (χ2v) is 6.97. The topological polar surface area (TPSA) is 79.0 Å². The third kappa shape index (κ3) is 3.73. The molecule has 1 aliphatic rings. The van der Waals surface area contributed by atoms with Gasteiger partial charge in [-0.1, -0.05) is 31.2 Å². The molecule has 0 radical (unpaired) electrons. The highest BCUT2D eigenvalue weighted by Gasteiger charge is 2.44. The van der Waals surface area contributed by atoms with Crippen molar-refractivity contribution in [3.63, 3.8) is 0 Å². The van der Waals surface area contributed by atoms with Crippen molar-refractivity contribution in [2.24, 2.45) is 0 Å². The zero-order valence-electron chi connectivity index (χ0n) is 14.9. The molecule has 2 aromatic rings. The first kappa shape index (κ1) is 17.2. The molecule has 0 spiro atoms. The average Bonchev–Trinajstić information content (AvgIpc) is 3.35. The quantitative estimate of drug-likeness (QED) is 0.553. The van der Waals surface area contributed by atoms with Gasteiger partial charge < -0.3 is 16.5 Å². The molecule has 1 fully saturated rings. The average molecular weight is 335 g/mol. The smallest absolute Gasteiger partial charge is 0.251 e. The van der Waals surface area contributed by atoms with Gasteiger partial charge in [-0.2, -0.15) is 0 Å². The molecule has 1 saturated carbocycles. The van der Waals surface area contributed by atoms with Gasteiger partial charge in [0.2, 0.25) is 0 Å². The number of nitrogen functional groups attached to an aromatic ring is 1. The van der Waals surface area contributed by atoms with Crippen molar-refractivity contribution < 1.29 is 4.79 Å². The molecule has 0 saturated heterocycles. The molecule has 1 aliphatic carbocycles. The molecule has 0 unspecified atom stereocenters. The molecule has 3 rings (SSSR count). The number of carbonyl (C=O) groups is 1. The molecule has 130 valence electrons. The number of rotatable bonds is 6. The fourth-order valence-electron chi connectivity index (χ4n) is 3.13. The highest BCUT2D eigenvalue weighted by Crippen LogP contribution is 2.39. The first-order valence-electron chi connectivity index (χ1n) is 8.78. The van der Waals surface area contributed by atoms with E-state index in [1.165, 1.54) is 11.1 Å². The molecule has 0 aromatic heterocycles. The Labute approximate surface area is 149 Å². The van der Waals surface area contributed by atoms with E-state index in [0.717, 1.165) is 19.3 Å². The summed E-state index contributed by atoms with van der Waals surface area (Å²) < 4.78 is 0. The Morgan fingerprint density at radius 1 is 1.24 bits per heavy atom. The summed E-state index contributed by atoms with van der Waals surface area (Å²) in [6.45, 7) is 4.02. The number of hydrogen-bond donors (Lipinski definition) is 3. The third-order valence-corrected chi connectivity index (χ3v) is 5.02. The molecule has 4 nitrogen and oxygen atoms in total. The van der Waals surface area contributed by atoms with E-state index in [1.54, 1.807) is 18.2 Å². The number of aryl methyl sites for hydroxylation is 1. The van der Waals surface area contributed by atoms with Crippen LogP contribution < -0.4 is 11.1 Å². The molecular weight excluding hydrogens is 310 g/mol. The minimum Gasteiger partial charge on any atom is -0.398 e. The van der Waals surface area contributed by atoms with Crippen molar-refractivity contribution in [3.8, 4) is 0 Å². The van der Waals surface area contributed by atoms with Crippen LogP contribution in [0.15, 0.2) is 42.5 Å². The number of hydrogen-bond acceptors (Lipinski definition) is 3. The molecule has 0 heterocycles. The summed E-state index contributed by atoms with van der Waals surface area (Å²) in [7, 11) is 0. The van der Waals surface area contributed by atoms with Gasteiger partial charge in [-0.25, -0.2) is 0 Å². The van der Waals surface area contributed by atoms with Gasteiger partial charge in [-0.15, -0.1) is 0 Å². The van der Waals surface area contributed by atoms with E-state index in [1.807, 2.05) is 19.1 Å². The first-order chi connectivity index (χ1) is 11.9. The van der Waals surface area contributed by atoms with Gasteiger partial charge in [0, 0.05) is 28.1 Å². The van der Waals surface area contributed by atoms with E-state index in [0.29, 0.717) is 28.9 Å². The second-order valence-electron chi connectivity index (χ2n) is 6.97. The van der Waals surface area contributed by atoms with Crippen molar-refractivity contribution in [2.75, 3.05) is 5.73 Å². The van der Waals surface area contributed by atoms with Crippen LogP contribution in [0.25, 0.3) is 0 Å². The molecule has 0 aliphatic heterocycles. The predicted octanol–water partition coefficient (Wildman–Crippen LogP) is 3.86. The van der Waals surface area contributed by atoms with Crippen LogP contribution in [0.2, 0.25) is 0 Å². The summed E-state index contributed by atoms with van der Waals surface area (Å²) in [4.78, 5) is 12.7. The Morgan fingerprint density at radius 3 is 2.60 bits per heavy atom. The van der Waals surface area contributed by atoms with E-state index < -0.39 is 0 Å². The summed E-state index contributed by atoms with van der Waals surface area (Å²) in [5, 5.41) is 11.2. The molecule has 4 N–H and O–H groups in total. The van der Waals surface area contributed by atoms with Crippen molar-refractivity contribution in [2.45, 2.75) is 45.1 Å². The Kier molecular flexibility index (Phi) is 4.62. The van der Waals surface area contributed by atoms with Gasteiger partial charge in [-0.3, -0.25) is 4.79 Å². The SMILES string of the molecule is CCC(=N)c1cc(C(=O)NC2(Cc3ccccc3C)CC2)ccc1N. The Bertz CT molecular complexity index is 822. The van der Waals surface area contributed by atoms with Gasteiger partial charge in [0.1, 0.15) is 0 Å². The van der Waals surface area contributed by atoms with E-state index >= 15 is 0 Å². The summed E-state index contributed by atoms with van der Waals surface area (Å²) in [6.07, 6.45) is 3.45. The molecule has 4 heteroatoms. The van der Waals surface area contributed by atoms with Crippen LogP contribution in [0.3, 0.4) is 0 Å². The van der Waals surface area contributed by atoms with Crippen molar-refractivity contribution >= 4 is 17.3 Å². The lowest BCUT2D eigenvalue weighted by Gasteiger charge is -2.19. The van der Waals surface area contributed by atoms with Gasteiger partial charge in [0.25, 0.3) is 5.91 Å². The van der Waals surface area contributed by atoms with E-state index in [2.05, 4.69) is 24.4 Å². The second kappa shape index (κ2) is 6.71. The van der Waals surface area contributed by atoms with Crippen molar-refractivity contribution in [1.29, 1.82) is 5.41 Å². The molecule has 25 heavy (non-hydrogen) atoms. The largest absolute Gasteiger partial charge is 0.398 e. The number of nitrogens with two attached hydrogens (primary N) is 1.